The molecule has 0 saturated carbocycles. The summed E-state index contributed by atoms with van der Waals surface area (Å²) in [6.07, 6.45) is 0. The van der Waals surface area contributed by atoms with Crippen LogP contribution in [0.25, 0.3) is 0 Å². The van der Waals surface area contributed by atoms with E-state index in [0.717, 1.165) is 11.3 Å². The molecule has 0 saturated heterocycles. The molecule has 18 heavy (non-hydrogen) atoms. The van der Waals surface area contributed by atoms with Gasteiger partial charge in [-0.3, -0.25) is 0 Å². The monoisotopic (exact) mass is 304 g/mol. The Bertz CT molecular complexity index is 649. The Morgan fingerprint density at radius 3 is 2.50 bits per heavy atom. The molecule has 1 aromatic heterocycles. The minimum absolute atomic E-state index is 0.0651. The van der Waals surface area contributed by atoms with Crippen LogP contribution in [-0.2, 0) is 10.1 Å². The van der Waals surface area contributed by atoms with Gasteiger partial charge in [-0.1, -0.05) is 17.7 Å². The second-order valence-corrected chi connectivity index (χ2v) is 6.76. The molecule has 1 heterocycles. The Labute approximate surface area is 114 Å². The second-order valence-electron chi connectivity index (χ2n) is 3.27. The first-order valence-corrected chi connectivity index (χ1v) is 7.45. The molecule has 2 rings (SSSR count). The van der Waals surface area contributed by atoms with Crippen LogP contribution in [0.2, 0.25) is 4.34 Å². The Kier molecular flexibility index (Phi) is 3.79. The van der Waals surface area contributed by atoms with Crippen LogP contribution in [0.4, 0.5) is 0 Å². The minimum atomic E-state index is -3.84. The SMILES string of the molecule is COc1cccc(OS(=O)(=O)c2ccc(Cl)s2)c1. The van der Waals surface area contributed by atoms with Gasteiger partial charge in [0.25, 0.3) is 0 Å². The van der Waals surface area contributed by atoms with E-state index >= 15 is 0 Å². The number of rotatable bonds is 4. The van der Waals surface area contributed by atoms with Gasteiger partial charge < -0.3 is 8.92 Å². The van der Waals surface area contributed by atoms with Crippen LogP contribution >= 0.6 is 22.9 Å². The number of methoxy groups -OCH3 is 1. The van der Waals surface area contributed by atoms with Crippen molar-refractivity contribution in [2.24, 2.45) is 0 Å². The quantitative estimate of drug-likeness (QED) is 0.814. The molecule has 0 bridgehead atoms. The molecule has 0 spiro atoms. The fourth-order valence-corrected chi connectivity index (χ4v) is 3.62. The zero-order valence-corrected chi connectivity index (χ0v) is 11.7. The highest BCUT2D eigenvalue weighted by molar-refractivity contribution is 7.89. The first-order valence-electron chi connectivity index (χ1n) is 4.85. The van der Waals surface area contributed by atoms with Crippen LogP contribution < -0.4 is 8.92 Å². The Hall–Kier alpha value is -1.24. The highest BCUT2D eigenvalue weighted by atomic mass is 35.5. The molecule has 0 fully saturated rings. The molecule has 0 atom stereocenters. The number of ether oxygens (including phenoxy) is 1. The normalized spacial score (nSPS) is 11.2. The van der Waals surface area contributed by atoms with Gasteiger partial charge >= 0.3 is 10.1 Å². The number of hydrogen-bond donors (Lipinski definition) is 0. The smallest absolute Gasteiger partial charge is 0.348 e. The lowest BCUT2D eigenvalue weighted by Gasteiger charge is -2.06. The maximum Gasteiger partial charge on any atom is 0.348 e. The lowest BCUT2D eigenvalue weighted by atomic mass is 10.3. The third-order valence-corrected chi connectivity index (χ3v) is 4.97. The summed E-state index contributed by atoms with van der Waals surface area (Å²) in [5.41, 5.74) is 0. The van der Waals surface area contributed by atoms with Crippen molar-refractivity contribution in [2.45, 2.75) is 4.21 Å². The molecule has 1 aromatic carbocycles. The largest absolute Gasteiger partial charge is 0.497 e. The van der Waals surface area contributed by atoms with E-state index in [2.05, 4.69) is 0 Å². The molecular weight excluding hydrogens is 296 g/mol. The molecule has 7 heteroatoms. The highest BCUT2D eigenvalue weighted by Crippen LogP contribution is 2.29. The molecular formula is C11H9ClO4S2. The van der Waals surface area contributed by atoms with Crippen molar-refractivity contribution in [3.8, 4) is 11.5 Å². The zero-order valence-electron chi connectivity index (χ0n) is 9.29. The third kappa shape index (κ3) is 2.95. The van der Waals surface area contributed by atoms with Crippen molar-refractivity contribution in [1.82, 2.24) is 0 Å². The van der Waals surface area contributed by atoms with E-state index in [-0.39, 0.29) is 9.96 Å². The number of halogens is 1. The topological polar surface area (TPSA) is 52.6 Å². The van der Waals surface area contributed by atoms with Crippen molar-refractivity contribution >= 4 is 33.1 Å². The Balaban J connectivity index is 2.27. The van der Waals surface area contributed by atoms with Gasteiger partial charge in [0.05, 0.1) is 11.4 Å². The fourth-order valence-electron chi connectivity index (χ4n) is 1.25. The van der Waals surface area contributed by atoms with Crippen molar-refractivity contribution in [3.05, 3.63) is 40.7 Å². The Morgan fingerprint density at radius 1 is 1.17 bits per heavy atom. The van der Waals surface area contributed by atoms with Gasteiger partial charge in [-0.2, -0.15) is 8.42 Å². The minimum Gasteiger partial charge on any atom is -0.497 e. The predicted octanol–water partition coefficient (Wildman–Crippen LogP) is 3.18. The fraction of sp³-hybridized carbons (Fsp3) is 0.0909. The van der Waals surface area contributed by atoms with Gasteiger partial charge in [-0.05, 0) is 24.3 Å². The van der Waals surface area contributed by atoms with Crippen LogP contribution in [0.1, 0.15) is 0 Å². The van der Waals surface area contributed by atoms with E-state index in [1.165, 1.54) is 31.4 Å². The lowest BCUT2D eigenvalue weighted by molar-refractivity contribution is 0.411. The summed E-state index contributed by atoms with van der Waals surface area (Å²) >= 11 is 6.64. The van der Waals surface area contributed by atoms with Crippen molar-refractivity contribution in [3.63, 3.8) is 0 Å². The van der Waals surface area contributed by atoms with Gasteiger partial charge in [0.1, 0.15) is 11.5 Å². The van der Waals surface area contributed by atoms with E-state index in [9.17, 15) is 8.42 Å². The molecule has 0 amide bonds. The van der Waals surface area contributed by atoms with Crippen molar-refractivity contribution in [2.75, 3.05) is 7.11 Å². The van der Waals surface area contributed by atoms with E-state index in [1.807, 2.05) is 0 Å². The van der Waals surface area contributed by atoms with E-state index in [4.69, 9.17) is 20.5 Å². The number of benzene rings is 1. The Morgan fingerprint density at radius 2 is 1.89 bits per heavy atom. The van der Waals surface area contributed by atoms with Crippen molar-refractivity contribution < 1.29 is 17.3 Å². The second kappa shape index (κ2) is 5.17. The summed E-state index contributed by atoms with van der Waals surface area (Å²) in [6.45, 7) is 0. The van der Waals surface area contributed by atoms with Crippen LogP contribution in [-0.4, -0.2) is 15.5 Å². The first kappa shape index (κ1) is 13.2. The van der Waals surface area contributed by atoms with Crippen LogP contribution in [0, 0.1) is 0 Å². The van der Waals surface area contributed by atoms with Gasteiger partial charge in [0.2, 0.25) is 0 Å². The van der Waals surface area contributed by atoms with E-state index < -0.39 is 10.1 Å². The summed E-state index contributed by atoms with van der Waals surface area (Å²) in [6, 6.07) is 9.28. The zero-order chi connectivity index (χ0) is 13.2. The summed E-state index contributed by atoms with van der Waals surface area (Å²) in [4.78, 5) is 0. The molecule has 2 aromatic rings. The van der Waals surface area contributed by atoms with Gasteiger partial charge in [0, 0.05) is 6.07 Å². The van der Waals surface area contributed by atoms with Crippen LogP contribution in [0.5, 0.6) is 11.5 Å². The summed E-state index contributed by atoms with van der Waals surface area (Å²) in [7, 11) is -2.35. The number of thiophene rings is 1. The predicted molar refractivity (Wildman–Crippen MR) is 70.1 cm³/mol. The number of hydrogen-bond acceptors (Lipinski definition) is 5. The average molecular weight is 305 g/mol. The van der Waals surface area contributed by atoms with E-state index in [1.54, 1.807) is 12.1 Å². The van der Waals surface area contributed by atoms with Gasteiger partial charge in [-0.15, -0.1) is 11.3 Å². The summed E-state index contributed by atoms with van der Waals surface area (Å²) < 4.78 is 34.2. The molecule has 96 valence electrons. The molecule has 0 aliphatic heterocycles. The molecule has 0 unspecified atom stereocenters. The molecule has 0 radical (unpaired) electrons. The lowest BCUT2D eigenvalue weighted by Crippen LogP contribution is -2.07. The van der Waals surface area contributed by atoms with Crippen LogP contribution in [0.15, 0.2) is 40.6 Å². The third-order valence-electron chi connectivity index (χ3n) is 2.04. The molecule has 0 aliphatic carbocycles. The highest BCUT2D eigenvalue weighted by Gasteiger charge is 2.19. The molecule has 0 aliphatic rings. The molecule has 0 N–H and O–H groups in total. The standard InChI is InChI=1S/C11H9ClO4S2/c1-15-8-3-2-4-9(7-8)16-18(13,14)11-6-5-10(12)17-11/h2-7H,1H3. The first-order chi connectivity index (χ1) is 8.51. The maximum absolute atomic E-state index is 11.9. The van der Waals surface area contributed by atoms with Gasteiger partial charge in [0.15, 0.2) is 4.21 Å². The van der Waals surface area contributed by atoms with E-state index in [0.29, 0.717) is 10.1 Å². The van der Waals surface area contributed by atoms with Crippen LogP contribution in [0.3, 0.4) is 0 Å². The van der Waals surface area contributed by atoms with Crippen molar-refractivity contribution in [1.29, 1.82) is 0 Å². The van der Waals surface area contributed by atoms with Gasteiger partial charge in [-0.25, -0.2) is 0 Å². The summed E-state index contributed by atoms with van der Waals surface area (Å²) in [5, 5.41) is 0. The average Bonchev–Trinajstić information content (AvgIpc) is 2.76. The molecule has 4 nitrogen and oxygen atoms in total. The summed E-state index contributed by atoms with van der Waals surface area (Å²) in [5.74, 6) is 0.714. The maximum atomic E-state index is 11.9.